The van der Waals surface area contributed by atoms with E-state index in [0.717, 1.165) is 23.5 Å². The fraction of sp³-hybridized carbons (Fsp3) is 0.120. The van der Waals surface area contributed by atoms with Crippen LogP contribution in [-0.2, 0) is 12.8 Å². The maximum atomic E-state index is 12.3. The first-order chi connectivity index (χ1) is 14.8. The summed E-state index contributed by atoms with van der Waals surface area (Å²) >= 11 is 0. The van der Waals surface area contributed by atoms with Gasteiger partial charge in [0, 0.05) is 24.8 Å². The fourth-order valence-corrected chi connectivity index (χ4v) is 3.92. The molecule has 0 bridgehead atoms. The first kappa shape index (κ1) is 18.2. The minimum atomic E-state index is -0.201. The molecule has 1 aliphatic rings. The number of carbonyl (C=O) groups is 1. The van der Waals surface area contributed by atoms with Gasteiger partial charge in [-0.05, 0) is 59.0 Å². The highest BCUT2D eigenvalue weighted by Gasteiger charge is 2.18. The van der Waals surface area contributed by atoms with E-state index in [9.17, 15) is 4.79 Å². The average molecular weight is 394 g/mol. The molecule has 4 aromatic rings. The summed E-state index contributed by atoms with van der Waals surface area (Å²) < 4.78 is 1.85. The molecule has 0 fully saturated rings. The van der Waals surface area contributed by atoms with Crippen LogP contribution in [0.1, 0.15) is 16.8 Å². The third-order valence-electron chi connectivity index (χ3n) is 5.38. The summed E-state index contributed by atoms with van der Waals surface area (Å²) in [4.78, 5) is 12.3. The van der Waals surface area contributed by atoms with E-state index in [2.05, 4.69) is 52.1 Å². The lowest BCUT2D eigenvalue weighted by Gasteiger charge is -2.09. The number of fused-ring (bicyclic) bond motifs is 3. The Hall–Kier alpha value is -3.86. The molecule has 0 radical (unpaired) electrons. The van der Waals surface area contributed by atoms with Crippen LogP contribution < -0.4 is 10.6 Å². The van der Waals surface area contributed by atoms with Gasteiger partial charge in [-0.15, -0.1) is 0 Å². The number of hydrogen-bond acceptors (Lipinski definition) is 2. The zero-order valence-corrected chi connectivity index (χ0v) is 16.5. The van der Waals surface area contributed by atoms with Gasteiger partial charge in [0.2, 0.25) is 0 Å². The summed E-state index contributed by atoms with van der Waals surface area (Å²) in [5.41, 5.74) is 7.91. The van der Waals surface area contributed by atoms with Crippen LogP contribution in [0.5, 0.6) is 0 Å². The van der Waals surface area contributed by atoms with Crippen LogP contribution in [0, 0.1) is 0 Å². The topological polar surface area (TPSA) is 59.0 Å². The van der Waals surface area contributed by atoms with Crippen molar-refractivity contribution < 1.29 is 4.79 Å². The molecule has 0 aliphatic heterocycles. The molecular formula is C25H22N4O. The van der Waals surface area contributed by atoms with E-state index in [1.807, 2.05) is 53.3 Å². The van der Waals surface area contributed by atoms with Crippen molar-refractivity contribution >= 4 is 11.7 Å². The van der Waals surface area contributed by atoms with Gasteiger partial charge in [0.1, 0.15) is 0 Å². The number of carbonyl (C=O) groups excluding carboxylic acids is 1. The van der Waals surface area contributed by atoms with Gasteiger partial charge in [-0.25, -0.2) is 9.48 Å². The van der Waals surface area contributed by atoms with E-state index in [1.54, 1.807) is 0 Å². The van der Waals surface area contributed by atoms with Gasteiger partial charge in [-0.3, -0.25) is 0 Å². The molecule has 1 aliphatic carbocycles. The standard InChI is InChI=1S/C25H22N4O/c30-25(26-14-12-20-13-15-29(28-20)22-7-2-1-3-8-22)27-21-10-11-24-19(17-21)16-18-6-4-5-9-23(18)24/h1-11,13,15,17H,12,14,16H2,(H2,26,27,30). The number of nitrogens with zero attached hydrogens (tertiary/aromatic N) is 2. The molecule has 0 saturated heterocycles. The number of aromatic nitrogens is 2. The number of para-hydroxylation sites is 1. The highest BCUT2D eigenvalue weighted by atomic mass is 16.2. The smallest absolute Gasteiger partial charge is 0.319 e. The molecule has 2 N–H and O–H groups in total. The Balaban J connectivity index is 1.15. The molecule has 5 heteroatoms. The number of rotatable bonds is 5. The number of nitrogens with one attached hydrogen (secondary N) is 2. The van der Waals surface area contributed by atoms with E-state index in [4.69, 9.17) is 0 Å². The van der Waals surface area contributed by atoms with Crippen molar-refractivity contribution in [3.8, 4) is 16.8 Å². The van der Waals surface area contributed by atoms with E-state index < -0.39 is 0 Å². The zero-order chi connectivity index (χ0) is 20.3. The third kappa shape index (κ3) is 3.70. The SMILES string of the molecule is O=C(NCCc1ccn(-c2ccccc2)n1)Nc1ccc2c(c1)Cc1ccccc1-2. The maximum Gasteiger partial charge on any atom is 0.319 e. The van der Waals surface area contributed by atoms with Crippen molar-refractivity contribution in [1.82, 2.24) is 15.1 Å². The Morgan fingerprint density at radius 2 is 1.70 bits per heavy atom. The quantitative estimate of drug-likeness (QED) is 0.449. The van der Waals surface area contributed by atoms with Crippen molar-refractivity contribution in [2.45, 2.75) is 12.8 Å². The van der Waals surface area contributed by atoms with Gasteiger partial charge < -0.3 is 10.6 Å². The molecule has 2 amide bonds. The number of benzene rings is 3. The third-order valence-corrected chi connectivity index (χ3v) is 5.38. The van der Waals surface area contributed by atoms with E-state index in [0.29, 0.717) is 13.0 Å². The molecule has 0 spiro atoms. The van der Waals surface area contributed by atoms with Crippen molar-refractivity contribution in [3.63, 3.8) is 0 Å². The molecule has 1 aromatic heterocycles. The second kappa shape index (κ2) is 7.87. The lowest BCUT2D eigenvalue weighted by molar-refractivity contribution is 0.252. The largest absolute Gasteiger partial charge is 0.337 e. The first-order valence-electron chi connectivity index (χ1n) is 10.1. The molecular weight excluding hydrogens is 372 g/mol. The van der Waals surface area contributed by atoms with Crippen molar-refractivity contribution in [2.75, 3.05) is 11.9 Å². The molecule has 1 heterocycles. The van der Waals surface area contributed by atoms with E-state index in [1.165, 1.54) is 22.3 Å². The summed E-state index contributed by atoms with van der Waals surface area (Å²) in [5, 5.41) is 10.4. The Kier molecular flexibility index (Phi) is 4.77. The van der Waals surface area contributed by atoms with Crippen LogP contribution in [0.4, 0.5) is 10.5 Å². The van der Waals surface area contributed by atoms with Crippen LogP contribution in [0.25, 0.3) is 16.8 Å². The summed E-state index contributed by atoms with van der Waals surface area (Å²) in [6.45, 7) is 0.522. The average Bonchev–Trinajstić information content (AvgIpc) is 3.38. The Morgan fingerprint density at radius 3 is 2.60 bits per heavy atom. The predicted octanol–water partition coefficient (Wildman–Crippen LogP) is 4.81. The maximum absolute atomic E-state index is 12.3. The number of hydrogen-bond donors (Lipinski definition) is 2. The van der Waals surface area contributed by atoms with Gasteiger partial charge >= 0.3 is 6.03 Å². The lowest BCUT2D eigenvalue weighted by Crippen LogP contribution is -2.30. The van der Waals surface area contributed by atoms with Crippen molar-refractivity contribution in [2.24, 2.45) is 0 Å². The van der Waals surface area contributed by atoms with Gasteiger partial charge in [0.15, 0.2) is 0 Å². The summed E-state index contributed by atoms with van der Waals surface area (Å²) in [5.74, 6) is 0. The summed E-state index contributed by atoms with van der Waals surface area (Å²) in [6.07, 6.45) is 3.52. The molecule has 3 aromatic carbocycles. The Labute approximate surface area is 175 Å². The van der Waals surface area contributed by atoms with Gasteiger partial charge in [-0.1, -0.05) is 48.5 Å². The Bertz CT molecular complexity index is 1200. The van der Waals surface area contributed by atoms with Crippen LogP contribution >= 0.6 is 0 Å². The molecule has 0 saturated carbocycles. The summed E-state index contributed by atoms with van der Waals surface area (Å²) in [6, 6.07) is 26.3. The molecule has 5 nitrogen and oxygen atoms in total. The molecule has 0 unspecified atom stereocenters. The predicted molar refractivity (Wildman–Crippen MR) is 119 cm³/mol. The lowest BCUT2D eigenvalue weighted by atomic mass is 10.1. The van der Waals surface area contributed by atoms with Crippen LogP contribution in [-0.4, -0.2) is 22.4 Å². The van der Waals surface area contributed by atoms with Crippen molar-refractivity contribution in [3.05, 3.63) is 102 Å². The van der Waals surface area contributed by atoms with Crippen molar-refractivity contribution in [1.29, 1.82) is 0 Å². The van der Waals surface area contributed by atoms with Gasteiger partial charge in [-0.2, -0.15) is 5.10 Å². The van der Waals surface area contributed by atoms with Gasteiger partial charge in [0.25, 0.3) is 0 Å². The van der Waals surface area contributed by atoms with Crippen LogP contribution in [0.2, 0.25) is 0 Å². The number of anilines is 1. The summed E-state index contributed by atoms with van der Waals surface area (Å²) in [7, 11) is 0. The minimum Gasteiger partial charge on any atom is -0.337 e. The second-order valence-corrected chi connectivity index (χ2v) is 7.42. The number of amides is 2. The molecule has 5 rings (SSSR count). The van der Waals surface area contributed by atoms with E-state index in [-0.39, 0.29) is 6.03 Å². The normalized spacial score (nSPS) is 11.6. The molecule has 30 heavy (non-hydrogen) atoms. The van der Waals surface area contributed by atoms with Crippen LogP contribution in [0.3, 0.4) is 0 Å². The fourth-order valence-electron chi connectivity index (χ4n) is 3.92. The Morgan fingerprint density at radius 1 is 0.900 bits per heavy atom. The highest BCUT2D eigenvalue weighted by Crippen LogP contribution is 2.37. The monoisotopic (exact) mass is 394 g/mol. The molecule has 0 atom stereocenters. The van der Waals surface area contributed by atoms with Crippen LogP contribution in [0.15, 0.2) is 85.1 Å². The van der Waals surface area contributed by atoms with E-state index >= 15 is 0 Å². The van der Waals surface area contributed by atoms with Gasteiger partial charge in [0.05, 0.1) is 11.4 Å². The second-order valence-electron chi connectivity index (χ2n) is 7.42. The molecule has 148 valence electrons. The first-order valence-corrected chi connectivity index (χ1v) is 10.1. The zero-order valence-electron chi connectivity index (χ0n) is 16.5. The minimum absolute atomic E-state index is 0.201. The highest BCUT2D eigenvalue weighted by molar-refractivity contribution is 5.90. The number of urea groups is 1.